The van der Waals surface area contributed by atoms with Crippen molar-refractivity contribution in [1.82, 2.24) is 4.98 Å². The second-order valence-electron chi connectivity index (χ2n) is 2.84. The molecule has 1 atom stereocenters. The van der Waals surface area contributed by atoms with E-state index in [4.69, 9.17) is 5.73 Å². The summed E-state index contributed by atoms with van der Waals surface area (Å²) in [4.78, 5) is 4.29. The maximum absolute atomic E-state index is 11.5. The van der Waals surface area contributed by atoms with Gasteiger partial charge in [-0.2, -0.15) is 0 Å². The molecule has 1 heterocycles. The lowest BCUT2D eigenvalue weighted by Crippen LogP contribution is -1.91. The zero-order valence-corrected chi connectivity index (χ0v) is 9.32. The summed E-state index contributed by atoms with van der Waals surface area (Å²) in [6, 6.07) is 5.53. The summed E-state index contributed by atoms with van der Waals surface area (Å²) in [6.07, 6.45) is 0. The fourth-order valence-corrected chi connectivity index (χ4v) is 3.33. The molecule has 1 aromatic carbocycles. The summed E-state index contributed by atoms with van der Waals surface area (Å²) in [7, 11) is -0.963. The predicted molar refractivity (Wildman–Crippen MR) is 61.0 cm³/mol. The van der Waals surface area contributed by atoms with Crippen LogP contribution in [0.2, 0.25) is 0 Å². The third kappa shape index (κ3) is 1.65. The summed E-state index contributed by atoms with van der Waals surface area (Å²) in [5.74, 6) is 0.606. The summed E-state index contributed by atoms with van der Waals surface area (Å²) < 4.78 is 13.2. The van der Waals surface area contributed by atoms with E-state index in [1.807, 2.05) is 19.1 Å². The number of benzene rings is 1. The van der Waals surface area contributed by atoms with Gasteiger partial charge in [-0.25, -0.2) is 4.98 Å². The predicted octanol–water partition coefficient (Wildman–Crippen LogP) is 2.01. The molecule has 1 aromatic heterocycles. The highest BCUT2D eigenvalue weighted by molar-refractivity contribution is 7.87. The first-order chi connectivity index (χ1) is 6.70. The minimum atomic E-state index is -0.963. The molecule has 3 nitrogen and oxygen atoms in total. The van der Waals surface area contributed by atoms with Gasteiger partial charge in [0.25, 0.3) is 0 Å². The molecule has 0 amide bonds. The molecule has 74 valence electrons. The third-order valence-electron chi connectivity index (χ3n) is 1.85. The van der Waals surface area contributed by atoms with Crippen molar-refractivity contribution in [3.05, 3.63) is 18.2 Å². The lowest BCUT2D eigenvalue weighted by atomic mass is 10.3. The first kappa shape index (κ1) is 9.61. The zero-order chi connectivity index (χ0) is 10.1. The number of fused-ring (bicyclic) bond motifs is 1. The molecule has 2 rings (SSSR count). The number of nitrogens with two attached hydrogens (primary N) is 1. The fraction of sp³-hybridized carbons (Fsp3) is 0.222. The van der Waals surface area contributed by atoms with Crippen LogP contribution in [0.4, 0.5) is 5.69 Å². The van der Waals surface area contributed by atoms with Crippen LogP contribution in [0.5, 0.6) is 0 Å². The molecule has 0 aliphatic rings. The van der Waals surface area contributed by atoms with Crippen molar-refractivity contribution >= 4 is 38.0 Å². The van der Waals surface area contributed by atoms with Crippen LogP contribution in [0.3, 0.4) is 0 Å². The first-order valence-corrected chi connectivity index (χ1v) is 6.38. The number of aromatic nitrogens is 1. The van der Waals surface area contributed by atoms with Gasteiger partial charge in [-0.15, -0.1) is 11.3 Å². The van der Waals surface area contributed by atoms with E-state index in [0.29, 0.717) is 10.1 Å². The van der Waals surface area contributed by atoms with E-state index in [9.17, 15) is 4.21 Å². The molecule has 5 heteroatoms. The second kappa shape index (κ2) is 3.67. The molecule has 0 spiro atoms. The van der Waals surface area contributed by atoms with Crippen molar-refractivity contribution in [2.24, 2.45) is 0 Å². The van der Waals surface area contributed by atoms with E-state index in [0.717, 1.165) is 15.9 Å². The molecule has 0 saturated heterocycles. The van der Waals surface area contributed by atoms with E-state index in [-0.39, 0.29) is 0 Å². The summed E-state index contributed by atoms with van der Waals surface area (Å²) in [5, 5.41) is 0. The van der Waals surface area contributed by atoms with Crippen LogP contribution in [-0.4, -0.2) is 14.9 Å². The average Bonchev–Trinajstić information content (AvgIpc) is 2.59. The first-order valence-electron chi connectivity index (χ1n) is 4.25. The van der Waals surface area contributed by atoms with Gasteiger partial charge in [0.05, 0.1) is 21.0 Å². The van der Waals surface area contributed by atoms with Crippen molar-refractivity contribution in [2.75, 3.05) is 11.5 Å². The van der Waals surface area contributed by atoms with Crippen LogP contribution in [-0.2, 0) is 10.8 Å². The highest BCUT2D eigenvalue weighted by atomic mass is 32.2. The van der Waals surface area contributed by atoms with Crippen molar-refractivity contribution in [3.8, 4) is 0 Å². The van der Waals surface area contributed by atoms with Crippen molar-refractivity contribution in [2.45, 2.75) is 11.3 Å². The Morgan fingerprint density at radius 3 is 3.07 bits per heavy atom. The number of nitrogens with zero attached hydrogens (tertiary/aromatic N) is 1. The van der Waals surface area contributed by atoms with Crippen molar-refractivity contribution < 1.29 is 4.21 Å². The van der Waals surface area contributed by atoms with Crippen LogP contribution in [0.25, 0.3) is 10.2 Å². The lowest BCUT2D eigenvalue weighted by Gasteiger charge is -1.88. The number of rotatable bonds is 2. The average molecular weight is 226 g/mol. The van der Waals surface area contributed by atoms with E-state index in [1.165, 1.54) is 11.3 Å². The number of anilines is 1. The van der Waals surface area contributed by atoms with Gasteiger partial charge in [-0.3, -0.25) is 4.21 Å². The van der Waals surface area contributed by atoms with Gasteiger partial charge in [-0.1, -0.05) is 6.92 Å². The Balaban J connectivity index is 2.56. The highest BCUT2D eigenvalue weighted by Crippen LogP contribution is 2.26. The smallest absolute Gasteiger partial charge is 0.181 e. The molecular formula is C9H10N2OS2. The topological polar surface area (TPSA) is 56.0 Å². The van der Waals surface area contributed by atoms with Gasteiger partial charge in [0.1, 0.15) is 0 Å². The molecule has 0 bridgehead atoms. The highest BCUT2D eigenvalue weighted by Gasteiger charge is 2.08. The number of hydrogen-bond acceptors (Lipinski definition) is 4. The lowest BCUT2D eigenvalue weighted by molar-refractivity contribution is 0.683. The van der Waals surface area contributed by atoms with Crippen LogP contribution in [0, 0.1) is 0 Å². The number of nitrogen functional groups attached to an aromatic ring is 1. The molecule has 2 aromatic rings. The zero-order valence-electron chi connectivity index (χ0n) is 7.69. The number of hydrogen-bond donors (Lipinski definition) is 1. The minimum Gasteiger partial charge on any atom is -0.399 e. The Bertz CT molecular complexity index is 493. The Kier molecular flexibility index (Phi) is 2.52. The Morgan fingerprint density at radius 1 is 1.57 bits per heavy atom. The molecule has 0 saturated carbocycles. The van der Waals surface area contributed by atoms with Gasteiger partial charge in [-0.05, 0) is 18.2 Å². The van der Waals surface area contributed by atoms with E-state index in [1.54, 1.807) is 6.07 Å². The maximum Gasteiger partial charge on any atom is 0.181 e. The second-order valence-corrected chi connectivity index (χ2v) is 5.79. The van der Waals surface area contributed by atoms with Crippen LogP contribution in [0.15, 0.2) is 22.5 Å². The van der Waals surface area contributed by atoms with Gasteiger partial charge in [0.15, 0.2) is 4.34 Å². The maximum atomic E-state index is 11.5. The minimum absolute atomic E-state index is 0.606. The molecule has 0 aliphatic carbocycles. The van der Waals surface area contributed by atoms with E-state index in [2.05, 4.69) is 4.98 Å². The van der Waals surface area contributed by atoms with E-state index < -0.39 is 10.8 Å². The van der Waals surface area contributed by atoms with Crippen molar-refractivity contribution in [3.63, 3.8) is 0 Å². The quantitative estimate of drug-likeness (QED) is 0.797. The fourth-order valence-electron chi connectivity index (χ4n) is 1.14. The summed E-state index contributed by atoms with van der Waals surface area (Å²) >= 11 is 1.45. The Hall–Kier alpha value is -0.940. The molecule has 0 fully saturated rings. The van der Waals surface area contributed by atoms with Crippen LogP contribution in [0.1, 0.15) is 6.92 Å². The summed E-state index contributed by atoms with van der Waals surface area (Å²) in [5.41, 5.74) is 7.24. The van der Waals surface area contributed by atoms with Gasteiger partial charge < -0.3 is 5.73 Å². The van der Waals surface area contributed by atoms with E-state index >= 15 is 0 Å². The monoisotopic (exact) mass is 226 g/mol. The Labute approximate surface area is 88.4 Å². The normalized spacial score (nSPS) is 13.2. The largest absolute Gasteiger partial charge is 0.399 e. The molecule has 0 aliphatic heterocycles. The molecule has 0 radical (unpaired) electrons. The Morgan fingerprint density at radius 2 is 2.36 bits per heavy atom. The third-order valence-corrected chi connectivity index (χ3v) is 4.48. The molecule has 1 unspecified atom stereocenters. The van der Waals surface area contributed by atoms with Gasteiger partial charge in [0, 0.05) is 11.4 Å². The standard InChI is InChI=1S/C9H10N2OS2/c1-2-14(12)9-11-7-4-3-6(10)5-8(7)13-9/h3-5H,2,10H2,1H3. The van der Waals surface area contributed by atoms with Crippen LogP contribution < -0.4 is 5.73 Å². The number of thiazole rings is 1. The van der Waals surface area contributed by atoms with Crippen LogP contribution >= 0.6 is 11.3 Å². The molecule has 14 heavy (non-hydrogen) atoms. The molecular weight excluding hydrogens is 216 g/mol. The molecule has 2 N–H and O–H groups in total. The van der Waals surface area contributed by atoms with Gasteiger partial charge in [0.2, 0.25) is 0 Å². The SMILES string of the molecule is CCS(=O)c1nc2ccc(N)cc2s1. The summed E-state index contributed by atoms with van der Waals surface area (Å²) in [6.45, 7) is 1.89. The van der Waals surface area contributed by atoms with Gasteiger partial charge >= 0.3 is 0 Å². The van der Waals surface area contributed by atoms with Crippen molar-refractivity contribution in [1.29, 1.82) is 0 Å².